The molecule has 0 amide bonds. The molecule has 0 bridgehead atoms. The zero-order valence-corrected chi connectivity index (χ0v) is 25.2. The van der Waals surface area contributed by atoms with Crippen molar-refractivity contribution in [1.29, 1.82) is 0 Å². The van der Waals surface area contributed by atoms with Crippen molar-refractivity contribution in [3.63, 3.8) is 0 Å². The number of fused-ring (bicyclic) bond motifs is 13. The van der Waals surface area contributed by atoms with Crippen molar-refractivity contribution in [1.82, 2.24) is 4.57 Å². The van der Waals surface area contributed by atoms with E-state index in [-0.39, 0.29) is 0 Å². The highest BCUT2D eigenvalue weighted by Crippen LogP contribution is 2.72. The number of aromatic nitrogens is 1. The van der Waals surface area contributed by atoms with Crippen molar-refractivity contribution >= 4 is 30.9 Å². The first kappa shape index (κ1) is 24.9. The van der Waals surface area contributed by atoms with Crippen LogP contribution in [0.2, 0.25) is 0 Å². The third kappa shape index (κ3) is 2.83. The Morgan fingerprint density at radius 3 is 1.29 bits per heavy atom. The molecule has 0 radical (unpaired) electrons. The number of hydrogen-bond acceptors (Lipinski definition) is 1. The highest BCUT2D eigenvalue weighted by atomic mass is 32.3. The van der Waals surface area contributed by atoms with Crippen molar-refractivity contribution in [2.24, 2.45) is 0 Å². The second kappa shape index (κ2) is 8.56. The van der Waals surface area contributed by atoms with Crippen LogP contribution in [0, 0.1) is 0 Å². The van der Waals surface area contributed by atoms with Gasteiger partial charge in [-0.2, -0.15) is 0 Å². The molecule has 0 fully saturated rings. The standard InChI is InChI=1S/C42H27NOS/c44-45(39-25-10-4-17-31(39)32-18-5-11-26-40(32)45)41-27-12-6-19-33(41)35-21-13-20-34(42(35)45)30-16-3-9-24-38(30)43-36-22-7-1-14-28(36)29-15-2-8-23-37(29)43/h1-27H. The SMILES string of the molecule is O=S12(c3ccccc3-c3ccccc31)c1ccccc1-c1cccc(-c3ccccc3-n3c4ccccc4c4ccccc43)c12. The van der Waals surface area contributed by atoms with Gasteiger partial charge in [0.1, 0.15) is 0 Å². The van der Waals surface area contributed by atoms with Gasteiger partial charge in [-0.25, -0.2) is 0 Å². The first-order valence-electron chi connectivity index (χ1n) is 15.4. The Hall–Kier alpha value is -5.51. The number of nitrogens with zero attached hydrogens (tertiary/aromatic N) is 1. The maximum absolute atomic E-state index is 17.3. The third-order valence-corrected chi connectivity index (χ3v) is 14.7. The van der Waals surface area contributed by atoms with E-state index in [0.717, 1.165) is 69.7 Å². The molecule has 45 heavy (non-hydrogen) atoms. The molecule has 212 valence electrons. The molecule has 0 saturated heterocycles. The van der Waals surface area contributed by atoms with Gasteiger partial charge in [0.2, 0.25) is 0 Å². The van der Waals surface area contributed by atoms with Crippen LogP contribution < -0.4 is 0 Å². The van der Waals surface area contributed by atoms with Crippen LogP contribution in [0.5, 0.6) is 0 Å². The van der Waals surface area contributed by atoms with Crippen LogP contribution in [0.15, 0.2) is 183 Å². The van der Waals surface area contributed by atoms with Gasteiger partial charge in [-0.15, -0.1) is 0 Å². The van der Waals surface area contributed by atoms with Crippen LogP contribution >= 0.6 is 0 Å². The molecule has 8 aromatic rings. The van der Waals surface area contributed by atoms with Crippen molar-refractivity contribution in [2.45, 2.75) is 19.6 Å². The summed E-state index contributed by atoms with van der Waals surface area (Å²) in [6.07, 6.45) is 0. The minimum absolute atomic E-state index is 0.906. The second-order valence-corrected chi connectivity index (χ2v) is 15.6. The van der Waals surface area contributed by atoms with Crippen molar-refractivity contribution in [3.8, 4) is 39.1 Å². The molecular weight excluding hydrogens is 567 g/mol. The van der Waals surface area contributed by atoms with Gasteiger partial charge in [-0.1, -0.05) is 127 Å². The monoisotopic (exact) mass is 593 g/mol. The summed E-state index contributed by atoms with van der Waals surface area (Å²) < 4.78 is 19.7. The van der Waals surface area contributed by atoms with Gasteiger partial charge < -0.3 is 4.57 Å². The van der Waals surface area contributed by atoms with E-state index < -0.39 is 9.07 Å². The Morgan fingerprint density at radius 1 is 0.356 bits per heavy atom. The Balaban J connectivity index is 1.39. The molecule has 1 spiro atoms. The zero-order chi connectivity index (χ0) is 29.8. The van der Waals surface area contributed by atoms with E-state index in [1.165, 1.54) is 10.8 Å². The fraction of sp³-hybridized carbons (Fsp3) is 0. The van der Waals surface area contributed by atoms with Gasteiger partial charge in [0.25, 0.3) is 0 Å². The molecule has 0 unspecified atom stereocenters. The predicted molar refractivity (Wildman–Crippen MR) is 185 cm³/mol. The largest absolute Gasteiger partial charge is 0.309 e. The van der Waals surface area contributed by atoms with Crippen LogP contribution in [-0.2, 0) is 9.07 Å². The van der Waals surface area contributed by atoms with E-state index in [1.807, 2.05) is 18.2 Å². The summed E-state index contributed by atoms with van der Waals surface area (Å²) in [5.41, 5.74) is 9.64. The first-order chi connectivity index (χ1) is 22.2. The van der Waals surface area contributed by atoms with E-state index in [4.69, 9.17) is 0 Å². The predicted octanol–water partition coefficient (Wildman–Crippen LogP) is 10.8. The van der Waals surface area contributed by atoms with Crippen LogP contribution in [0.3, 0.4) is 0 Å². The zero-order valence-electron chi connectivity index (χ0n) is 24.4. The van der Waals surface area contributed by atoms with Crippen LogP contribution in [0.4, 0.5) is 0 Å². The summed E-state index contributed by atoms with van der Waals surface area (Å²) in [5, 5.41) is 2.44. The van der Waals surface area contributed by atoms with E-state index in [2.05, 4.69) is 150 Å². The topological polar surface area (TPSA) is 22.0 Å². The smallest absolute Gasteiger partial charge is 0.0541 e. The number of benzene rings is 7. The van der Waals surface area contributed by atoms with Gasteiger partial charge in [0.05, 0.1) is 16.7 Å². The molecular formula is C42H27NOS. The lowest BCUT2D eigenvalue weighted by Crippen LogP contribution is -2.30. The lowest BCUT2D eigenvalue weighted by atomic mass is 9.98. The van der Waals surface area contributed by atoms with Crippen molar-refractivity contribution in [2.75, 3.05) is 0 Å². The van der Waals surface area contributed by atoms with Gasteiger partial charge in [-0.05, 0) is 64.2 Å². The van der Waals surface area contributed by atoms with Crippen LogP contribution in [0.1, 0.15) is 0 Å². The highest BCUT2D eigenvalue weighted by Gasteiger charge is 2.58. The fourth-order valence-electron chi connectivity index (χ4n) is 8.23. The first-order valence-corrected chi connectivity index (χ1v) is 17.3. The quantitative estimate of drug-likeness (QED) is 0.195. The highest BCUT2D eigenvalue weighted by molar-refractivity contribution is 8.21. The molecule has 0 aliphatic carbocycles. The molecule has 2 aliphatic heterocycles. The molecule has 3 heterocycles. The van der Waals surface area contributed by atoms with Crippen molar-refractivity contribution < 1.29 is 4.21 Å². The van der Waals surface area contributed by atoms with Crippen molar-refractivity contribution in [3.05, 3.63) is 164 Å². The Kier molecular flexibility index (Phi) is 4.73. The maximum atomic E-state index is 17.3. The van der Waals surface area contributed by atoms with E-state index in [9.17, 15) is 0 Å². The van der Waals surface area contributed by atoms with Gasteiger partial charge >= 0.3 is 0 Å². The molecule has 2 aliphatic rings. The lowest BCUT2D eigenvalue weighted by Gasteiger charge is -2.40. The van der Waals surface area contributed by atoms with Gasteiger partial charge in [0.15, 0.2) is 0 Å². The lowest BCUT2D eigenvalue weighted by molar-refractivity contribution is 0.658. The summed E-state index contributed by atoms with van der Waals surface area (Å²) in [7, 11) is -4.02. The fourth-order valence-corrected chi connectivity index (χ4v) is 13.6. The minimum atomic E-state index is -4.02. The molecule has 10 rings (SSSR count). The molecule has 0 atom stereocenters. The summed E-state index contributed by atoms with van der Waals surface area (Å²) in [6, 6.07) is 57.4. The number of para-hydroxylation sites is 3. The average molecular weight is 594 g/mol. The normalized spacial score (nSPS) is 15.7. The Labute approximate surface area is 261 Å². The number of hydrogen-bond donors (Lipinski definition) is 0. The number of rotatable bonds is 2. The van der Waals surface area contributed by atoms with Crippen LogP contribution in [-0.4, -0.2) is 8.78 Å². The average Bonchev–Trinajstić information content (AvgIpc) is 3.66. The molecule has 7 aromatic carbocycles. The molecule has 3 heteroatoms. The second-order valence-electron chi connectivity index (χ2n) is 12.0. The van der Waals surface area contributed by atoms with E-state index in [0.29, 0.717) is 0 Å². The Morgan fingerprint density at radius 2 is 0.733 bits per heavy atom. The van der Waals surface area contributed by atoms with Gasteiger partial charge in [0, 0.05) is 45.0 Å². The molecule has 0 saturated carbocycles. The minimum Gasteiger partial charge on any atom is -0.309 e. The van der Waals surface area contributed by atoms with Crippen LogP contribution in [0.25, 0.3) is 60.9 Å². The molecule has 0 N–H and O–H groups in total. The summed E-state index contributed by atoms with van der Waals surface area (Å²) >= 11 is 0. The third-order valence-electron chi connectivity index (χ3n) is 9.92. The van der Waals surface area contributed by atoms with Gasteiger partial charge in [-0.3, -0.25) is 4.21 Å². The Bertz CT molecular complexity index is 2500. The molecule has 1 aromatic heterocycles. The summed E-state index contributed by atoms with van der Waals surface area (Å²) in [4.78, 5) is 3.64. The summed E-state index contributed by atoms with van der Waals surface area (Å²) in [6.45, 7) is 0. The summed E-state index contributed by atoms with van der Waals surface area (Å²) in [5.74, 6) is 0. The van der Waals surface area contributed by atoms with E-state index >= 15 is 4.21 Å². The van der Waals surface area contributed by atoms with E-state index in [1.54, 1.807) is 0 Å². The maximum Gasteiger partial charge on any atom is 0.0541 e. The molecule has 2 nitrogen and oxygen atoms in total.